The van der Waals surface area contributed by atoms with E-state index < -0.39 is 0 Å². The number of pyridine rings is 4. The maximum absolute atomic E-state index is 6.50. The fraction of sp³-hybridized carbons (Fsp3) is 0. The standard InChI is InChI=1S/C50H30N4O2/c1-3-35(31-15-21-51-22-16-31)27-37(5-1)39-11-13-45-43(29-39)47-49(55-45)41(19-25-53-47)33-7-9-34(10-8-33)42-20-26-54-48-44-30-40(12-14-46(44)56-50(42)48)38-6-2-4-36(28-38)32-17-23-52-24-18-32/h1-30H. The first kappa shape index (κ1) is 31.8. The molecule has 0 aliphatic heterocycles. The largest absolute Gasteiger partial charge is 0.454 e. The molecule has 11 aromatic rings. The number of hydrogen-bond acceptors (Lipinski definition) is 6. The molecule has 0 spiro atoms. The van der Waals surface area contributed by atoms with Gasteiger partial charge in [-0.05, 0) is 128 Å². The highest BCUT2D eigenvalue weighted by Gasteiger charge is 2.17. The lowest BCUT2D eigenvalue weighted by Crippen LogP contribution is -1.85. The highest BCUT2D eigenvalue weighted by molar-refractivity contribution is 6.10. The van der Waals surface area contributed by atoms with Crippen LogP contribution >= 0.6 is 0 Å². The topological polar surface area (TPSA) is 77.8 Å². The van der Waals surface area contributed by atoms with Crippen molar-refractivity contribution in [3.63, 3.8) is 0 Å². The Morgan fingerprint density at radius 3 is 1.11 bits per heavy atom. The van der Waals surface area contributed by atoms with Crippen molar-refractivity contribution in [1.29, 1.82) is 0 Å². The summed E-state index contributed by atoms with van der Waals surface area (Å²) < 4.78 is 13.0. The Morgan fingerprint density at radius 2 is 0.679 bits per heavy atom. The summed E-state index contributed by atoms with van der Waals surface area (Å²) in [5.74, 6) is 0. The summed E-state index contributed by atoms with van der Waals surface area (Å²) in [6.45, 7) is 0. The van der Waals surface area contributed by atoms with E-state index in [-0.39, 0.29) is 0 Å². The van der Waals surface area contributed by atoms with Crippen LogP contribution in [0.4, 0.5) is 0 Å². The van der Waals surface area contributed by atoms with Crippen LogP contribution in [-0.4, -0.2) is 19.9 Å². The number of rotatable bonds is 6. The maximum atomic E-state index is 6.50. The summed E-state index contributed by atoms with van der Waals surface area (Å²) in [6, 6.07) is 50.5. The average molecular weight is 719 g/mol. The van der Waals surface area contributed by atoms with Crippen LogP contribution in [0.3, 0.4) is 0 Å². The van der Waals surface area contributed by atoms with E-state index in [0.29, 0.717) is 0 Å². The molecule has 6 nitrogen and oxygen atoms in total. The van der Waals surface area contributed by atoms with Crippen molar-refractivity contribution in [2.75, 3.05) is 0 Å². The molecule has 0 saturated heterocycles. The van der Waals surface area contributed by atoms with E-state index in [1.807, 2.05) is 85.7 Å². The highest BCUT2D eigenvalue weighted by Crippen LogP contribution is 2.40. The molecule has 5 aromatic carbocycles. The average Bonchev–Trinajstić information content (AvgIpc) is 3.85. The summed E-state index contributed by atoms with van der Waals surface area (Å²) in [7, 11) is 0. The summed E-state index contributed by atoms with van der Waals surface area (Å²) in [5.41, 5.74) is 17.9. The van der Waals surface area contributed by atoms with E-state index in [1.54, 1.807) is 0 Å². The van der Waals surface area contributed by atoms with Crippen molar-refractivity contribution >= 4 is 44.1 Å². The molecule has 0 amide bonds. The molecular formula is C50H30N4O2. The van der Waals surface area contributed by atoms with Crippen LogP contribution in [0.2, 0.25) is 0 Å². The van der Waals surface area contributed by atoms with Crippen LogP contribution in [0.25, 0.3) is 111 Å². The molecule has 0 radical (unpaired) electrons. The quantitative estimate of drug-likeness (QED) is 0.170. The zero-order chi connectivity index (χ0) is 37.0. The number of benzene rings is 5. The SMILES string of the molecule is c1cc(-c2ccncc2)cc(-c2ccc3oc4c(-c5ccc(-c6ccnc7c6oc6ccc(-c8cccc(-c9ccncc9)c8)cc67)cc5)ccnc4c3c2)c1. The summed E-state index contributed by atoms with van der Waals surface area (Å²) >= 11 is 0. The normalized spacial score (nSPS) is 11.6. The van der Waals surface area contributed by atoms with Crippen LogP contribution in [0.1, 0.15) is 0 Å². The molecule has 11 rings (SSSR count). The highest BCUT2D eigenvalue weighted by atomic mass is 16.3. The van der Waals surface area contributed by atoms with Gasteiger partial charge in [0.05, 0.1) is 0 Å². The van der Waals surface area contributed by atoms with Gasteiger partial charge in [-0.25, -0.2) is 0 Å². The van der Waals surface area contributed by atoms with Gasteiger partial charge >= 0.3 is 0 Å². The van der Waals surface area contributed by atoms with E-state index in [2.05, 4.69) is 107 Å². The monoisotopic (exact) mass is 718 g/mol. The van der Waals surface area contributed by atoms with E-state index in [0.717, 1.165) is 111 Å². The first-order chi connectivity index (χ1) is 27.7. The lowest BCUT2D eigenvalue weighted by atomic mass is 9.98. The molecule has 6 aromatic heterocycles. The Bertz CT molecular complexity index is 3020. The summed E-state index contributed by atoms with van der Waals surface area (Å²) in [6.07, 6.45) is 11.0. The van der Waals surface area contributed by atoms with Crippen molar-refractivity contribution in [2.45, 2.75) is 0 Å². The molecule has 56 heavy (non-hydrogen) atoms. The van der Waals surface area contributed by atoms with Crippen LogP contribution < -0.4 is 0 Å². The van der Waals surface area contributed by atoms with Gasteiger partial charge in [0.1, 0.15) is 22.2 Å². The van der Waals surface area contributed by atoms with Crippen LogP contribution in [0.5, 0.6) is 0 Å². The number of hydrogen-bond donors (Lipinski definition) is 0. The molecule has 0 unspecified atom stereocenters. The van der Waals surface area contributed by atoms with Gasteiger partial charge in [-0.15, -0.1) is 0 Å². The second-order valence-electron chi connectivity index (χ2n) is 13.9. The van der Waals surface area contributed by atoms with Gasteiger partial charge in [0.15, 0.2) is 11.2 Å². The van der Waals surface area contributed by atoms with Crippen molar-refractivity contribution in [2.24, 2.45) is 0 Å². The van der Waals surface area contributed by atoms with Crippen molar-refractivity contribution in [3.05, 3.63) is 183 Å². The minimum Gasteiger partial charge on any atom is -0.454 e. The Morgan fingerprint density at radius 1 is 0.304 bits per heavy atom. The second kappa shape index (κ2) is 13.0. The lowest BCUT2D eigenvalue weighted by Gasteiger charge is -2.06. The fourth-order valence-corrected chi connectivity index (χ4v) is 7.80. The van der Waals surface area contributed by atoms with Gasteiger partial charge in [-0.1, -0.05) is 72.8 Å². The zero-order valence-corrected chi connectivity index (χ0v) is 29.9. The predicted molar refractivity (Wildman–Crippen MR) is 225 cm³/mol. The zero-order valence-electron chi connectivity index (χ0n) is 29.9. The number of furan rings is 2. The van der Waals surface area contributed by atoms with Crippen molar-refractivity contribution in [3.8, 4) is 66.8 Å². The van der Waals surface area contributed by atoms with Gasteiger partial charge in [0, 0.05) is 59.1 Å². The molecule has 0 saturated carbocycles. The first-order valence-corrected chi connectivity index (χ1v) is 18.5. The van der Waals surface area contributed by atoms with Gasteiger partial charge in [0.2, 0.25) is 0 Å². The smallest absolute Gasteiger partial charge is 0.161 e. The third-order valence-corrected chi connectivity index (χ3v) is 10.6. The lowest BCUT2D eigenvalue weighted by molar-refractivity contribution is 0.669. The molecule has 6 heterocycles. The number of nitrogens with zero attached hydrogens (tertiary/aromatic N) is 4. The van der Waals surface area contributed by atoms with Crippen LogP contribution in [-0.2, 0) is 0 Å². The van der Waals surface area contributed by atoms with E-state index in [9.17, 15) is 0 Å². The van der Waals surface area contributed by atoms with E-state index in [1.165, 1.54) is 0 Å². The van der Waals surface area contributed by atoms with Gasteiger partial charge in [0.25, 0.3) is 0 Å². The van der Waals surface area contributed by atoms with E-state index in [4.69, 9.17) is 18.8 Å². The molecule has 0 atom stereocenters. The molecule has 0 aliphatic carbocycles. The van der Waals surface area contributed by atoms with Crippen LogP contribution in [0.15, 0.2) is 192 Å². The molecule has 0 bridgehead atoms. The fourth-order valence-electron chi connectivity index (χ4n) is 7.80. The minimum absolute atomic E-state index is 0.767. The summed E-state index contributed by atoms with van der Waals surface area (Å²) in [5, 5.41) is 1.97. The molecule has 6 heteroatoms. The maximum Gasteiger partial charge on any atom is 0.161 e. The van der Waals surface area contributed by atoms with Gasteiger partial charge in [-0.2, -0.15) is 0 Å². The number of aromatic nitrogens is 4. The van der Waals surface area contributed by atoms with Gasteiger partial charge < -0.3 is 8.83 Å². The molecule has 262 valence electrons. The Labute approximate surface area is 321 Å². The molecule has 0 aliphatic rings. The van der Waals surface area contributed by atoms with Crippen LogP contribution in [0, 0.1) is 0 Å². The Balaban J connectivity index is 0.927. The first-order valence-electron chi connectivity index (χ1n) is 18.5. The van der Waals surface area contributed by atoms with E-state index >= 15 is 0 Å². The molecule has 0 N–H and O–H groups in total. The summed E-state index contributed by atoms with van der Waals surface area (Å²) in [4.78, 5) is 17.9. The second-order valence-corrected chi connectivity index (χ2v) is 13.9. The third kappa shape index (κ3) is 5.43. The minimum atomic E-state index is 0.767. The van der Waals surface area contributed by atoms with Crippen molar-refractivity contribution < 1.29 is 8.83 Å². The molecular weight excluding hydrogens is 689 g/mol. The third-order valence-electron chi connectivity index (χ3n) is 10.6. The predicted octanol–water partition coefficient (Wildman–Crippen LogP) is 13.1. The van der Waals surface area contributed by atoms with Gasteiger partial charge in [-0.3, -0.25) is 19.9 Å². The van der Waals surface area contributed by atoms with Crippen molar-refractivity contribution in [1.82, 2.24) is 19.9 Å². The molecule has 0 fully saturated rings. The number of fused-ring (bicyclic) bond motifs is 6. The Kier molecular flexibility index (Phi) is 7.38. The Hall–Kier alpha value is -7.70.